The van der Waals surface area contributed by atoms with Crippen molar-refractivity contribution in [2.45, 2.75) is 31.6 Å². The predicted molar refractivity (Wildman–Crippen MR) is 95.7 cm³/mol. The number of hydrogen-bond donors (Lipinski definition) is 0. The first-order chi connectivity index (χ1) is 11.9. The number of anilines is 1. The van der Waals surface area contributed by atoms with Crippen LogP contribution in [0.1, 0.15) is 37.0 Å². The summed E-state index contributed by atoms with van der Waals surface area (Å²) >= 11 is 0. The van der Waals surface area contributed by atoms with Crippen LogP contribution >= 0.6 is 0 Å². The van der Waals surface area contributed by atoms with Gasteiger partial charge >= 0.3 is 0 Å². The molecule has 136 valence electrons. The molecule has 8 heteroatoms. The molecule has 0 bridgehead atoms. The van der Waals surface area contributed by atoms with Gasteiger partial charge in [-0.15, -0.1) is 4.40 Å². The second-order valence-electron chi connectivity index (χ2n) is 6.21. The molecule has 1 saturated heterocycles. The van der Waals surface area contributed by atoms with Crippen molar-refractivity contribution in [3.63, 3.8) is 0 Å². The van der Waals surface area contributed by atoms with E-state index in [-0.39, 0.29) is 10.8 Å². The first kappa shape index (κ1) is 17.9. The summed E-state index contributed by atoms with van der Waals surface area (Å²) in [6.45, 7) is 6.52. The molecule has 2 aliphatic heterocycles. The van der Waals surface area contributed by atoms with E-state index in [1.54, 1.807) is 24.0 Å². The lowest BCUT2D eigenvalue weighted by Gasteiger charge is -2.30. The largest absolute Gasteiger partial charge is 0.378 e. The third-order valence-corrected chi connectivity index (χ3v) is 5.84. The first-order valence-electron chi connectivity index (χ1n) is 8.54. The molecule has 0 N–H and O–H groups in total. The van der Waals surface area contributed by atoms with Crippen LogP contribution in [0.3, 0.4) is 0 Å². The normalized spacial score (nSPS) is 19.4. The number of morpholine rings is 1. The van der Waals surface area contributed by atoms with Crippen LogP contribution in [0.15, 0.2) is 27.5 Å². The summed E-state index contributed by atoms with van der Waals surface area (Å²) < 4.78 is 34.1. The lowest BCUT2D eigenvalue weighted by molar-refractivity contribution is 0.0302. The molecule has 1 fully saturated rings. The van der Waals surface area contributed by atoms with Crippen LogP contribution in [0.2, 0.25) is 0 Å². The van der Waals surface area contributed by atoms with Gasteiger partial charge in [-0.1, -0.05) is 13.3 Å². The van der Waals surface area contributed by atoms with Gasteiger partial charge < -0.3 is 14.5 Å². The maximum Gasteiger partial charge on any atom is 0.286 e. The SMILES string of the molecule is CCCCN1C(C)=NS(=O)(=O)c2cc(C(=O)N3CCOCC3)ccc21. The summed E-state index contributed by atoms with van der Waals surface area (Å²) in [7, 11) is -3.79. The minimum absolute atomic E-state index is 0.105. The van der Waals surface area contributed by atoms with Crippen molar-refractivity contribution in [3.05, 3.63) is 23.8 Å². The Morgan fingerprint density at radius 1 is 1.28 bits per heavy atom. The molecule has 0 unspecified atom stereocenters. The van der Waals surface area contributed by atoms with Crippen LogP contribution in [0, 0.1) is 0 Å². The first-order valence-corrected chi connectivity index (χ1v) is 9.98. The summed E-state index contributed by atoms with van der Waals surface area (Å²) in [5.41, 5.74) is 0.967. The Labute approximate surface area is 148 Å². The molecule has 0 saturated carbocycles. The van der Waals surface area contributed by atoms with Crippen molar-refractivity contribution < 1.29 is 17.9 Å². The van der Waals surface area contributed by atoms with E-state index < -0.39 is 10.0 Å². The minimum Gasteiger partial charge on any atom is -0.378 e. The Morgan fingerprint density at radius 2 is 2.00 bits per heavy atom. The Hall–Kier alpha value is -1.93. The molecule has 7 nitrogen and oxygen atoms in total. The number of rotatable bonds is 4. The molecule has 3 rings (SSSR count). The third kappa shape index (κ3) is 3.55. The number of carbonyl (C=O) groups excluding carboxylic acids is 1. The fourth-order valence-electron chi connectivity index (χ4n) is 3.07. The molecule has 1 amide bonds. The zero-order valence-electron chi connectivity index (χ0n) is 14.6. The topological polar surface area (TPSA) is 79.3 Å². The van der Waals surface area contributed by atoms with Gasteiger partial charge in [-0.2, -0.15) is 8.42 Å². The molecular weight excluding hydrogens is 342 g/mol. The van der Waals surface area contributed by atoms with E-state index in [4.69, 9.17) is 4.74 Å². The molecule has 1 aromatic carbocycles. The highest BCUT2D eigenvalue weighted by Crippen LogP contribution is 2.33. The van der Waals surface area contributed by atoms with Gasteiger partial charge in [0.2, 0.25) is 0 Å². The minimum atomic E-state index is -3.79. The summed E-state index contributed by atoms with van der Waals surface area (Å²) in [5, 5.41) is 0. The highest BCUT2D eigenvalue weighted by atomic mass is 32.2. The number of unbranched alkanes of at least 4 members (excludes halogenated alkanes) is 1. The second kappa shape index (κ2) is 7.13. The fourth-order valence-corrected chi connectivity index (χ4v) is 4.33. The van der Waals surface area contributed by atoms with E-state index in [1.807, 2.05) is 4.90 Å². The monoisotopic (exact) mass is 365 g/mol. The molecule has 0 atom stereocenters. The summed E-state index contributed by atoms with van der Waals surface area (Å²) in [6.07, 6.45) is 1.93. The number of carbonyl (C=O) groups is 1. The van der Waals surface area contributed by atoms with E-state index in [9.17, 15) is 13.2 Å². The number of amidine groups is 1. The zero-order chi connectivity index (χ0) is 18.0. The van der Waals surface area contributed by atoms with Gasteiger partial charge in [0.05, 0.1) is 18.9 Å². The molecule has 0 aromatic heterocycles. The lowest BCUT2D eigenvalue weighted by atomic mass is 10.1. The quantitative estimate of drug-likeness (QED) is 0.814. The van der Waals surface area contributed by atoms with Gasteiger partial charge in [-0.3, -0.25) is 4.79 Å². The molecule has 2 aliphatic rings. The van der Waals surface area contributed by atoms with Crippen molar-refractivity contribution in [1.29, 1.82) is 0 Å². The summed E-state index contributed by atoms with van der Waals surface area (Å²) in [4.78, 5) is 16.3. The van der Waals surface area contributed by atoms with Crippen molar-refractivity contribution in [2.75, 3.05) is 37.7 Å². The number of benzene rings is 1. The van der Waals surface area contributed by atoms with Gasteiger partial charge in [0.15, 0.2) is 0 Å². The van der Waals surface area contributed by atoms with Crippen molar-refractivity contribution in [3.8, 4) is 0 Å². The molecule has 0 radical (unpaired) electrons. The number of nitrogens with zero attached hydrogens (tertiary/aromatic N) is 3. The van der Waals surface area contributed by atoms with Crippen LogP contribution < -0.4 is 4.90 Å². The number of sulfonamides is 1. The average Bonchev–Trinajstić information content (AvgIpc) is 2.61. The van der Waals surface area contributed by atoms with Crippen LogP contribution in [0.4, 0.5) is 5.69 Å². The zero-order valence-corrected chi connectivity index (χ0v) is 15.4. The molecular formula is C17H23N3O4S. The highest BCUT2D eigenvalue weighted by Gasteiger charge is 2.30. The Kier molecular flexibility index (Phi) is 5.10. The molecule has 1 aromatic rings. The number of hydrogen-bond acceptors (Lipinski definition) is 5. The number of fused-ring (bicyclic) bond motifs is 1. The smallest absolute Gasteiger partial charge is 0.286 e. The Bertz CT molecular complexity index is 798. The van der Waals surface area contributed by atoms with Gasteiger partial charge in [0.1, 0.15) is 10.7 Å². The van der Waals surface area contributed by atoms with Crippen molar-refractivity contribution >= 4 is 27.5 Å². The van der Waals surface area contributed by atoms with E-state index in [2.05, 4.69) is 11.3 Å². The standard InChI is InChI=1S/C17H23N3O4S/c1-3-4-7-20-13(2)18-25(22,23)16-12-14(5-6-15(16)20)17(21)19-8-10-24-11-9-19/h5-6,12H,3-4,7-11H2,1-2H3. The predicted octanol–water partition coefficient (Wildman–Crippen LogP) is 1.89. The van der Waals surface area contributed by atoms with Crippen LogP contribution in [-0.4, -0.2) is 57.9 Å². The molecule has 0 aliphatic carbocycles. The molecule has 0 spiro atoms. The Morgan fingerprint density at radius 3 is 2.68 bits per heavy atom. The second-order valence-corrected chi connectivity index (χ2v) is 7.78. The summed E-state index contributed by atoms with van der Waals surface area (Å²) in [5.74, 6) is 0.292. The van der Waals surface area contributed by atoms with E-state index in [0.717, 1.165) is 12.8 Å². The third-order valence-electron chi connectivity index (χ3n) is 4.45. The maximum absolute atomic E-state index is 12.6. The summed E-state index contributed by atoms with van der Waals surface area (Å²) in [6, 6.07) is 4.87. The lowest BCUT2D eigenvalue weighted by Crippen LogP contribution is -2.41. The van der Waals surface area contributed by atoms with E-state index >= 15 is 0 Å². The van der Waals surface area contributed by atoms with E-state index in [1.165, 1.54) is 6.07 Å². The molecule has 2 heterocycles. The van der Waals surface area contributed by atoms with Crippen LogP contribution in [0.5, 0.6) is 0 Å². The van der Waals surface area contributed by atoms with Crippen molar-refractivity contribution in [2.24, 2.45) is 4.40 Å². The number of amides is 1. The van der Waals surface area contributed by atoms with Gasteiger partial charge in [0, 0.05) is 25.2 Å². The fraction of sp³-hybridized carbons (Fsp3) is 0.529. The van der Waals surface area contributed by atoms with E-state index in [0.29, 0.717) is 49.9 Å². The average molecular weight is 365 g/mol. The number of ether oxygens (including phenoxy) is 1. The van der Waals surface area contributed by atoms with Gasteiger partial charge in [-0.25, -0.2) is 0 Å². The van der Waals surface area contributed by atoms with Crippen LogP contribution in [0.25, 0.3) is 0 Å². The maximum atomic E-state index is 12.6. The molecule has 25 heavy (non-hydrogen) atoms. The van der Waals surface area contributed by atoms with Gasteiger partial charge in [-0.05, 0) is 31.5 Å². The highest BCUT2D eigenvalue weighted by molar-refractivity contribution is 7.90. The van der Waals surface area contributed by atoms with Crippen LogP contribution in [-0.2, 0) is 14.8 Å². The van der Waals surface area contributed by atoms with Gasteiger partial charge in [0.25, 0.3) is 15.9 Å². The Balaban J connectivity index is 1.97. The van der Waals surface area contributed by atoms with Crippen molar-refractivity contribution in [1.82, 2.24) is 4.90 Å².